The summed E-state index contributed by atoms with van der Waals surface area (Å²) in [5, 5.41) is 3.22. The Balaban J connectivity index is 2.25. The molecule has 1 unspecified atom stereocenters. The van der Waals surface area contributed by atoms with Crippen LogP contribution in [0.25, 0.3) is 0 Å². The molecular weight excluding hydrogens is 342 g/mol. The smallest absolute Gasteiger partial charge is 0.387 e. The van der Waals surface area contributed by atoms with Gasteiger partial charge < -0.3 is 15.8 Å². The highest BCUT2D eigenvalue weighted by Gasteiger charge is 2.17. The van der Waals surface area contributed by atoms with Crippen LogP contribution in [-0.2, 0) is 0 Å². The lowest BCUT2D eigenvalue weighted by molar-refractivity contribution is -0.0505. The van der Waals surface area contributed by atoms with Gasteiger partial charge in [0.25, 0.3) is 0 Å². The minimum Gasteiger partial charge on any atom is -0.434 e. The molecule has 3 nitrogen and oxygen atoms in total. The second kappa shape index (κ2) is 7.38. The zero-order valence-corrected chi connectivity index (χ0v) is 12.7. The van der Waals surface area contributed by atoms with E-state index in [1.54, 1.807) is 18.2 Å². The van der Waals surface area contributed by atoms with Crippen molar-refractivity contribution >= 4 is 21.6 Å². The number of hydrogen-bond donors (Lipinski definition) is 2. The summed E-state index contributed by atoms with van der Waals surface area (Å²) < 4.78 is 30.4. The molecule has 0 aliphatic rings. The minimum absolute atomic E-state index is 0.130. The Morgan fingerprint density at radius 1 is 1.14 bits per heavy atom. The van der Waals surface area contributed by atoms with Crippen LogP contribution in [0.3, 0.4) is 0 Å². The van der Waals surface area contributed by atoms with Gasteiger partial charge in [-0.05, 0) is 24.3 Å². The fraction of sp³-hybridized carbons (Fsp3) is 0.200. The summed E-state index contributed by atoms with van der Waals surface area (Å²) in [5.41, 5.74) is 7.21. The fourth-order valence-corrected chi connectivity index (χ4v) is 2.41. The zero-order valence-electron chi connectivity index (χ0n) is 11.1. The molecule has 0 saturated heterocycles. The summed E-state index contributed by atoms with van der Waals surface area (Å²) in [6.45, 7) is -2.62. The van der Waals surface area contributed by atoms with Crippen molar-refractivity contribution in [2.75, 3.05) is 11.9 Å². The van der Waals surface area contributed by atoms with Crippen LogP contribution >= 0.6 is 15.9 Å². The Morgan fingerprint density at radius 2 is 1.90 bits per heavy atom. The van der Waals surface area contributed by atoms with Gasteiger partial charge in [-0.15, -0.1) is 0 Å². The molecule has 0 saturated carbocycles. The van der Waals surface area contributed by atoms with E-state index in [1.807, 2.05) is 24.3 Å². The lowest BCUT2D eigenvalue weighted by Crippen LogP contribution is -2.21. The second-order valence-electron chi connectivity index (χ2n) is 4.36. The molecule has 3 N–H and O–H groups in total. The number of halogens is 3. The highest BCUT2D eigenvalue weighted by Crippen LogP contribution is 2.29. The molecule has 1 atom stereocenters. The third kappa shape index (κ3) is 4.41. The summed E-state index contributed by atoms with van der Waals surface area (Å²) >= 11 is 3.38. The van der Waals surface area contributed by atoms with Crippen LogP contribution in [0.4, 0.5) is 14.5 Å². The quantitative estimate of drug-likeness (QED) is 0.816. The van der Waals surface area contributed by atoms with E-state index in [0.29, 0.717) is 5.56 Å². The summed E-state index contributed by atoms with van der Waals surface area (Å²) in [7, 11) is 0. The number of hydrogen-bond acceptors (Lipinski definition) is 3. The van der Waals surface area contributed by atoms with Crippen molar-refractivity contribution in [2.24, 2.45) is 5.73 Å². The largest absolute Gasteiger partial charge is 0.434 e. The molecule has 0 fully saturated rings. The maximum absolute atomic E-state index is 12.5. The lowest BCUT2D eigenvalue weighted by Gasteiger charge is -2.21. The molecule has 0 spiro atoms. The van der Waals surface area contributed by atoms with E-state index >= 15 is 0 Å². The first kappa shape index (κ1) is 15.7. The lowest BCUT2D eigenvalue weighted by atomic mass is 10.1. The zero-order chi connectivity index (χ0) is 15.2. The predicted molar refractivity (Wildman–Crippen MR) is 82.6 cm³/mol. The first-order valence-corrected chi connectivity index (χ1v) is 7.15. The first-order chi connectivity index (χ1) is 10.1. The molecule has 2 aromatic carbocycles. The first-order valence-electron chi connectivity index (χ1n) is 6.36. The molecule has 6 heteroatoms. The molecule has 0 bridgehead atoms. The number of nitrogens with one attached hydrogen (secondary N) is 1. The summed E-state index contributed by atoms with van der Waals surface area (Å²) in [5.74, 6) is 0.130. The molecule has 112 valence electrons. The highest BCUT2D eigenvalue weighted by molar-refractivity contribution is 9.10. The molecule has 2 rings (SSSR count). The van der Waals surface area contributed by atoms with E-state index in [0.717, 1.165) is 10.2 Å². The Kier molecular flexibility index (Phi) is 5.52. The molecular formula is C15H15BrF2N2O. The number of alkyl halides is 2. The summed E-state index contributed by atoms with van der Waals surface area (Å²) in [6.07, 6.45) is 0. The maximum Gasteiger partial charge on any atom is 0.387 e. The molecule has 0 heterocycles. The van der Waals surface area contributed by atoms with Crippen LogP contribution in [0.15, 0.2) is 53.0 Å². The molecule has 0 amide bonds. The van der Waals surface area contributed by atoms with Gasteiger partial charge in [0.2, 0.25) is 0 Å². The molecule has 2 aromatic rings. The minimum atomic E-state index is -2.87. The third-order valence-electron chi connectivity index (χ3n) is 2.91. The van der Waals surface area contributed by atoms with Crippen molar-refractivity contribution in [1.29, 1.82) is 0 Å². The molecule has 0 aliphatic carbocycles. The van der Waals surface area contributed by atoms with Gasteiger partial charge in [-0.3, -0.25) is 0 Å². The number of ether oxygens (including phenoxy) is 1. The van der Waals surface area contributed by atoms with Crippen LogP contribution < -0.4 is 15.8 Å². The predicted octanol–water partition coefficient (Wildman–Crippen LogP) is 4.16. The molecule has 0 aromatic heterocycles. The Bertz CT molecular complexity index is 595. The topological polar surface area (TPSA) is 47.3 Å². The number of benzene rings is 2. The van der Waals surface area contributed by atoms with Gasteiger partial charge in [0, 0.05) is 22.3 Å². The third-order valence-corrected chi connectivity index (χ3v) is 3.40. The number of rotatable bonds is 6. The van der Waals surface area contributed by atoms with Crippen molar-refractivity contribution in [3.05, 3.63) is 58.6 Å². The normalized spacial score (nSPS) is 12.2. The standard InChI is InChI=1S/C15H15BrF2N2O/c16-10-4-3-5-11(8-10)20-13(9-19)12-6-1-2-7-14(12)21-15(17)18/h1-8,13,15,20H,9,19H2. The number of nitrogens with two attached hydrogens (primary N) is 1. The van der Waals surface area contributed by atoms with Crippen LogP contribution in [0.5, 0.6) is 5.75 Å². The van der Waals surface area contributed by atoms with Gasteiger partial charge in [-0.2, -0.15) is 8.78 Å². The van der Waals surface area contributed by atoms with E-state index in [4.69, 9.17) is 5.73 Å². The van der Waals surface area contributed by atoms with Crippen LogP contribution in [-0.4, -0.2) is 13.2 Å². The molecule has 0 radical (unpaired) electrons. The monoisotopic (exact) mass is 356 g/mol. The van der Waals surface area contributed by atoms with E-state index in [-0.39, 0.29) is 18.3 Å². The summed E-state index contributed by atoms with van der Waals surface area (Å²) in [4.78, 5) is 0. The number of anilines is 1. The van der Waals surface area contributed by atoms with Crippen molar-refractivity contribution in [3.63, 3.8) is 0 Å². The SMILES string of the molecule is NCC(Nc1cccc(Br)c1)c1ccccc1OC(F)F. The van der Waals surface area contributed by atoms with Crippen LogP contribution in [0.1, 0.15) is 11.6 Å². The van der Waals surface area contributed by atoms with Crippen molar-refractivity contribution < 1.29 is 13.5 Å². The Labute approximate surface area is 130 Å². The molecule has 0 aliphatic heterocycles. The van der Waals surface area contributed by atoms with E-state index in [2.05, 4.69) is 26.0 Å². The van der Waals surface area contributed by atoms with E-state index < -0.39 is 6.61 Å². The van der Waals surface area contributed by atoms with Crippen molar-refractivity contribution in [2.45, 2.75) is 12.7 Å². The highest BCUT2D eigenvalue weighted by atomic mass is 79.9. The maximum atomic E-state index is 12.5. The van der Waals surface area contributed by atoms with Gasteiger partial charge in [0.05, 0.1) is 6.04 Å². The number of para-hydroxylation sites is 1. The molecule has 21 heavy (non-hydrogen) atoms. The van der Waals surface area contributed by atoms with Gasteiger partial charge in [0.15, 0.2) is 0 Å². The fourth-order valence-electron chi connectivity index (χ4n) is 2.01. The van der Waals surface area contributed by atoms with E-state index in [1.165, 1.54) is 6.07 Å². The van der Waals surface area contributed by atoms with Crippen LogP contribution in [0.2, 0.25) is 0 Å². The van der Waals surface area contributed by atoms with Gasteiger partial charge in [-0.25, -0.2) is 0 Å². The average molecular weight is 357 g/mol. The van der Waals surface area contributed by atoms with Crippen molar-refractivity contribution in [3.8, 4) is 5.75 Å². The Morgan fingerprint density at radius 3 is 2.57 bits per heavy atom. The van der Waals surface area contributed by atoms with Gasteiger partial charge in [-0.1, -0.05) is 40.2 Å². The van der Waals surface area contributed by atoms with Crippen LogP contribution in [0, 0.1) is 0 Å². The summed E-state index contributed by atoms with van der Waals surface area (Å²) in [6, 6.07) is 13.9. The average Bonchev–Trinajstić information content (AvgIpc) is 2.45. The Hall–Kier alpha value is -1.66. The van der Waals surface area contributed by atoms with Gasteiger partial charge >= 0.3 is 6.61 Å². The van der Waals surface area contributed by atoms with Gasteiger partial charge in [0.1, 0.15) is 5.75 Å². The van der Waals surface area contributed by atoms with E-state index in [9.17, 15) is 8.78 Å². The van der Waals surface area contributed by atoms with Crippen molar-refractivity contribution in [1.82, 2.24) is 0 Å². The second-order valence-corrected chi connectivity index (χ2v) is 5.27.